The number of hydrogen-bond donors (Lipinski definition) is 1. The Balaban J connectivity index is 1.68. The minimum absolute atomic E-state index is 0.155. The number of nitrogens with one attached hydrogen (secondary N) is 1. The maximum atomic E-state index is 12.2. The Hall–Kier alpha value is -2.40. The summed E-state index contributed by atoms with van der Waals surface area (Å²) in [6.07, 6.45) is 0. The van der Waals surface area contributed by atoms with Crippen LogP contribution in [0.1, 0.15) is 5.56 Å². The number of carbonyl (C=O) groups excluding carboxylic acids is 1. The van der Waals surface area contributed by atoms with Gasteiger partial charge in [-0.15, -0.1) is 0 Å². The second-order valence-electron chi connectivity index (χ2n) is 4.76. The van der Waals surface area contributed by atoms with Gasteiger partial charge in [-0.3, -0.25) is 5.32 Å². The van der Waals surface area contributed by atoms with E-state index < -0.39 is 0 Å². The number of hydrogen-bond acceptors (Lipinski definition) is 3. The maximum absolute atomic E-state index is 12.2. The van der Waals surface area contributed by atoms with Gasteiger partial charge in [0.15, 0.2) is 5.13 Å². The van der Waals surface area contributed by atoms with E-state index in [-0.39, 0.29) is 6.03 Å². The topological polar surface area (TPSA) is 45.2 Å². The molecule has 106 valence electrons. The summed E-state index contributed by atoms with van der Waals surface area (Å²) in [5, 5.41) is 3.47. The van der Waals surface area contributed by atoms with Gasteiger partial charge in [-0.05, 0) is 17.7 Å². The van der Waals surface area contributed by atoms with E-state index in [1.54, 1.807) is 11.9 Å². The molecule has 0 saturated carbocycles. The molecule has 0 aliphatic carbocycles. The third kappa shape index (κ3) is 3.20. The third-order valence-electron chi connectivity index (χ3n) is 3.12. The third-order valence-corrected chi connectivity index (χ3v) is 4.07. The van der Waals surface area contributed by atoms with E-state index in [1.807, 2.05) is 54.6 Å². The lowest BCUT2D eigenvalue weighted by atomic mass is 10.2. The minimum Gasteiger partial charge on any atom is -0.323 e. The van der Waals surface area contributed by atoms with E-state index in [9.17, 15) is 4.79 Å². The maximum Gasteiger partial charge on any atom is 0.323 e. The van der Waals surface area contributed by atoms with E-state index in [1.165, 1.54) is 11.3 Å². The van der Waals surface area contributed by atoms with Crippen LogP contribution >= 0.6 is 11.3 Å². The average molecular weight is 297 g/mol. The first-order valence-electron chi connectivity index (χ1n) is 6.64. The number of thiazole rings is 1. The zero-order valence-corrected chi connectivity index (χ0v) is 12.4. The highest BCUT2D eigenvalue weighted by atomic mass is 32.1. The highest BCUT2D eigenvalue weighted by Gasteiger charge is 2.11. The standard InChI is InChI=1S/C16H15N3OS/c1-19(11-12-7-3-2-4-8-12)16(20)18-15-17-13-9-5-6-10-14(13)21-15/h2-10H,11H2,1H3,(H,17,18,20). The first kappa shape index (κ1) is 13.6. The molecule has 1 heterocycles. The molecule has 4 nitrogen and oxygen atoms in total. The zero-order valence-electron chi connectivity index (χ0n) is 11.6. The van der Waals surface area contributed by atoms with Crippen LogP contribution in [-0.4, -0.2) is 23.0 Å². The number of para-hydroxylation sites is 1. The fourth-order valence-corrected chi connectivity index (χ4v) is 2.90. The molecule has 21 heavy (non-hydrogen) atoms. The number of fused-ring (bicyclic) bond motifs is 1. The van der Waals surface area contributed by atoms with Gasteiger partial charge in [-0.1, -0.05) is 53.8 Å². The SMILES string of the molecule is CN(Cc1ccccc1)C(=O)Nc1nc2ccccc2s1. The molecule has 2 aromatic carbocycles. The summed E-state index contributed by atoms with van der Waals surface area (Å²) >= 11 is 1.48. The van der Waals surface area contributed by atoms with Crippen LogP contribution < -0.4 is 5.32 Å². The van der Waals surface area contributed by atoms with E-state index in [4.69, 9.17) is 0 Å². The molecule has 0 atom stereocenters. The number of benzene rings is 2. The van der Waals surface area contributed by atoms with E-state index in [0.29, 0.717) is 11.7 Å². The Morgan fingerprint density at radius 1 is 1.14 bits per heavy atom. The van der Waals surface area contributed by atoms with Crippen molar-refractivity contribution in [2.24, 2.45) is 0 Å². The molecule has 0 radical (unpaired) electrons. The Labute approximate surface area is 127 Å². The normalized spacial score (nSPS) is 10.5. The molecule has 2 amide bonds. The van der Waals surface area contributed by atoms with E-state index in [0.717, 1.165) is 15.8 Å². The van der Waals surface area contributed by atoms with Crippen LogP contribution in [0.4, 0.5) is 9.93 Å². The molecule has 3 aromatic rings. The lowest BCUT2D eigenvalue weighted by Gasteiger charge is -2.16. The molecule has 0 unspecified atom stereocenters. The summed E-state index contributed by atoms with van der Waals surface area (Å²) in [7, 11) is 1.77. The van der Waals surface area contributed by atoms with Gasteiger partial charge in [0, 0.05) is 13.6 Å². The lowest BCUT2D eigenvalue weighted by molar-refractivity contribution is 0.220. The largest absolute Gasteiger partial charge is 0.323 e. The number of rotatable bonds is 3. The molecule has 5 heteroatoms. The molecular formula is C16H15N3OS. The van der Waals surface area contributed by atoms with Gasteiger partial charge >= 0.3 is 6.03 Å². The molecule has 0 bridgehead atoms. The van der Waals surface area contributed by atoms with Crippen LogP contribution in [0.3, 0.4) is 0 Å². The van der Waals surface area contributed by atoms with Gasteiger partial charge in [0.2, 0.25) is 0 Å². The highest BCUT2D eigenvalue weighted by Crippen LogP contribution is 2.25. The number of aromatic nitrogens is 1. The lowest BCUT2D eigenvalue weighted by Crippen LogP contribution is -2.30. The van der Waals surface area contributed by atoms with Crippen LogP contribution in [-0.2, 0) is 6.54 Å². The molecule has 0 aliphatic rings. The first-order valence-corrected chi connectivity index (χ1v) is 7.45. The summed E-state index contributed by atoms with van der Waals surface area (Å²) < 4.78 is 1.07. The average Bonchev–Trinajstić information content (AvgIpc) is 2.90. The molecule has 1 N–H and O–H groups in total. The van der Waals surface area contributed by atoms with Crippen molar-refractivity contribution in [2.45, 2.75) is 6.54 Å². The molecule has 3 rings (SSSR count). The van der Waals surface area contributed by atoms with Crippen LogP contribution in [0.25, 0.3) is 10.2 Å². The fourth-order valence-electron chi connectivity index (χ4n) is 2.04. The van der Waals surface area contributed by atoms with Gasteiger partial charge in [-0.2, -0.15) is 0 Å². The van der Waals surface area contributed by atoms with Crippen molar-refractivity contribution in [3.63, 3.8) is 0 Å². The molecule has 0 saturated heterocycles. The summed E-state index contributed by atoms with van der Waals surface area (Å²) in [5.41, 5.74) is 2.00. The number of amides is 2. The van der Waals surface area contributed by atoms with Gasteiger partial charge in [-0.25, -0.2) is 9.78 Å². The van der Waals surface area contributed by atoms with Crippen molar-refractivity contribution in [1.82, 2.24) is 9.88 Å². The van der Waals surface area contributed by atoms with Gasteiger partial charge in [0.1, 0.15) is 0 Å². The monoisotopic (exact) mass is 297 g/mol. The first-order chi connectivity index (χ1) is 10.2. The van der Waals surface area contributed by atoms with Crippen molar-refractivity contribution in [2.75, 3.05) is 12.4 Å². The molecular weight excluding hydrogens is 282 g/mol. The Bertz CT molecular complexity index is 721. The Morgan fingerprint density at radius 2 is 1.86 bits per heavy atom. The van der Waals surface area contributed by atoms with Crippen molar-refractivity contribution in [3.05, 3.63) is 60.2 Å². The van der Waals surface area contributed by atoms with Crippen molar-refractivity contribution in [3.8, 4) is 0 Å². The molecule has 0 aliphatic heterocycles. The zero-order chi connectivity index (χ0) is 14.7. The fraction of sp³-hybridized carbons (Fsp3) is 0.125. The molecule has 0 fully saturated rings. The van der Waals surface area contributed by atoms with Gasteiger partial charge in [0.25, 0.3) is 0 Å². The number of anilines is 1. The van der Waals surface area contributed by atoms with Crippen molar-refractivity contribution < 1.29 is 4.79 Å². The van der Waals surface area contributed by atoms with Crippen LogP contribution in [0, 0.1) is 0 Å². The van der Waals surface area contributed by atoms with Crippen molar-refractivity contribution in [1.29, 1.82) is 0 Å². The summed E-state index contributed by atoms with van der Waals surface area (Å²) in [4.78, 5) is 18.2. The Morgan fingerprint density at radius 3 is 2.62 bits per heavy atom. The van der Waals surface area contributed by atoms with E-state index in [2.05, 4.69) is 10.3 Å². The second kappa shape index (κ2) is 5.93. The molecule has 1 aromatic heterocycles. The predicted octanol–water partition coefficient (Wildman–Crippen LogP) is 3.96. The number of urea groups is 1. The van der Waals surface area contributed by atoms with Gasteiger partial charge in [0.05, 0.1) is 10.2 Å². The summed E-state index contributed by atoms with van der Waals surface area (Å²) in [6.45, 7) is 0.567. The van der Waals surface area contributed by atoms with Crippen LogP contribution in [0.15, 0.2) is 54.6 Å². The minimum atomic E-state index is -0.155. The quantitative estimate of drug-likeness (QED) is 0.795. The Kier molecular flexibility index (Phi) is 3.83. The van der Waals surface area contributed by atoms with Crippen LogP contribution in [0.5, 0.6) is 0 Å². The summed E-state index contributed by atoms with van der Waals surface area (Å²) in [5.74, 6) is 0. The number of carbonyl (C=O) groups is 1. The second-order valence-corrected chi connectivity index (χ2v) is 5.79. The molecule has 0 spiro atoms. The predicted molar refractivity (Wildman–Crippen MR) is 86.5 cm³/mol. The summed E-state index contributed by atoms with van der Waals surface area (Å²) in [6, 6.07) is 17.6. The smallest absolute Gasteiger partial charge is 0.323 e. The highest BCUT2D eigenvalue weighted by molar-refractivity contribution is 7.22. The van der Waals surface area contributed by atoms with E-state index >= 15 is 0 Å². The van der Waals surface area contributed by atoms with Crippen molar-refractivity contribution >= 4 is 32.7 Å². The number of nitrogens with zero attached hydrogens (tertiary/aromatic N) is 2. The van der Waals surface area contributed by atoms with Crippen LogP contribution in [0.2, 0.25) is 0 Å². The van der Waals surface area contributed by atoms with Gasteiger partial charge < -0.3 is 4.90 Å².